The summed E-state index contributed by atoms with van der Waals surface area (Å²) in [6.45, 7) is 4.54. The Bertz CT molecular complexity index is 378. The molecular weight excluding hydrogens is 200 g/mol. The minimum Gasteiger partial charge on any atom is -0.465 e. The molecule has 0 bridgehead atoms. The number of ether oxygens (including phenoxy) is 1. The van der Waals surface area contributed by atoms with Gasteiger partial charge in [-0.15, -0.1) is 0 Å². The summed E-state index contributed by atoms with van der Waals surface area (Å²) in [5.41, 5.74) is 1.99. The molecule has 1 saturated carbocycles. The third kappa shape index (κ3) is 2.11. The summed E-state index contributed by atoms with van der Waals surface area (Å²) >= 11 is 0. The van der Waals surface area contributed by atoms with E-state index in [1.165, 1.54) is 19.1 Å². The predicted molar refractivity (Wildman–Crippen MR) is 63.5 cm³/mol. The molecule has 1 aliphatic carbocycles. The van der Waals surface area contributed by atoms with E-state index in [4.69, 9.17) is 0 Å². The molecular formula is C14H18O2. The van der Waals surface area contributed by atoms with Crippen LogP contribution in [0.3, 0.4) is 0 Å². The van der Waals surface area contributed by atoms with Crippen LogP contribution in [0.1, 0.15) is 42.1 Å². The number of carbonyl (C=O) groups is 1. The Hall–Kier alpha value is -1.31. The molecule has 1 aromatic rings. The van der Waals surface area contributed by atoms with Gasteiger partial charge in [0.2, 0.25) is 0 Å². The standard InChI is InChI=1S/C14H18O2/c1-9(2)12-8-13(12)10-4-6-11(7-5-10)14(15)16-3/h4-7,9,12-13H,8H2,1-3H3/t12-,13-/m1/s1. The van der Waals surface area contributed by atoms with Gasteiger partial charge in [0.05, 0.1) is 12.7 Å². The fourth-order valence-corrected chi connectivity index (χ4v) is 2.32. The van der Waals surface area contributed by atoms with Crippen LogP contribution in [0.4, 0.5) is 0 Å². The lowest BCUT2D eigenvalue weighted by atomic mass is 10.0. The SMILES string of the molecule is COC(=O)c1ccc([C@H]2C[C@@H]2C(C)C)cc1. The molecule has 0 saturated heterocycles. The molecule has 0 amide bonds. The predicted octanol–water partition coefficient (Wildman–Crippen LogP) is 3.23. The largest absolute Gasteiger partial charge is 0.465 e. The van der Waals surface area contributed by atoms with Crippen molar-refractivity contribution >= 4 is 5.97 Å². The summed E-state index contributed by atoms with van der Waals surface area (Å²) in [4.78, 5) is 11.3. The molecule has 1 aliphatic rings. The molecule has 0 radical (unpaired) electrons. The molecule has 2 atom stereocenters. The summed E-state index contributed by atoms with van der Waals surface area (Å²) in [6, 6.07) is 7.83. The van der Waals surface area contributed by atoms with Crippen LogP contribution >= 0.6 is 0 Å². The minimum atomic E-state index is -0.261. The van der Waals surface area contributed by atoms with E-state index >= 15 is 0 Å². The molecule has 0 unspecified atom stereocenters. The zero-order valence-corrected chi connectivity index (χ0v) is 10.1. The third-order valence-electron chi connectivity index (χ3n) is 3.46. The fourth-order valence-electron chi connectivity index (χ4n) is 2.32. The smallest absolute Gasteiger partial charge is 0.337 e. The number of methoxy groups -OCH3 is 1. The minimum absolute atomic E-state index is 0.261. The second-order valence-corrected chi connectivity index (χ2v) is 4.86. The second kappa shape index (κ2) is 4.28. The van der Waals surface area contributed by atoms with Gasteiger partial charge in [-0.05, 0) is 41.9 Å². The number of hydrogen-bond donors (Lipinski definition) is 0. The van der Waals surface area contributed by atoms with Crippen LogP contribution in [-0.4, -0.2) is 13.1 Å². The van der Waals surface area contributed by atoms with Crippen molar-refractivity contribution in [3.63, 3.8) is 0 Å². The highest BCUT2D eigenvalue weighted by atomic mass is 16.5. The van der Waals surface area contributed by atoms with Crippen molar-refractivity contribution in [2.45, 2.75) is 26.2 Å². The van der Waals surface area contributed by atoms with Gasteiger partial charge in [-0.2, -0.15) is 0 Å². The Labute approximate surface area is 96.6 Å². The van der Waals surface area contributed by atoms with Crippen molar-refractivity contribution in [3.8, 4) is 0 Å². The highest BCUT2D eigenvalue weighted by molar-refractivity contribution is 5.89. The van der Waals surface area contributed by atoms with Crippen molar-refractivity contribution in [2.75, 3.05) is 7.11 Å². The van der Waals surface area contributed by atoms with Gasteiger partial charge in [0.1, 0.15) is 0 Å². The first-order valence-corrected chi connectivity index (χ1v) is 5.81. The highest BCUT2D eigenvalue weighted by Gasteiger charge is 2.39. The van der Waals surface area contributed by atoms with Crippen molar-refractivity contribution in [1.82, 2.24) is 0 Å². The number of carbonyl (C=O) groups excluding carboxylic acids is 1. The van der Waals surface area contributed by atoms with Crippen LogP contribution in [0.15, 0.2) is 24.3 Å². The maximum atomic E-state index is 11.3. The van der Waals surface area contributed by atoms with Crippen molar-refractivity contribution in [1.29, 1.82) is 0 Å². The Morgan fingerprint density at radius 1 is 1.31 bits per heavy atom. The lowest BCUT2D eigenvalue weighted by molar-refractivity contribution is 0.0600. The molecule has 2 nitrogen and oxygen atoms in total. The Morgan fingerprint density at radius 3 is 2.38 bits per heavy atom. The van der Waals surface area contributed by atoms with Gasteiger partial charge in [-0.1, -0.05) is 26.0 Å². The van der Waals surface area contributed by atoms with Gasteiger partial charge >= 0.3 is 5.97 Å². The van der Waals surface area contributed by atoms with Gasteiger partial charge in [-0.25, -0.2) is 4.79 Å². The molecule has 2 heteroatoms. The van der Waals surface area contributed by atoms with Crippen LogP contribution < -0.4 is 0 Å². The van der Waals surface area contributed by atoms with Gasteiger partial charge in [0.15, 0.2) is 0 Å². The summed E-state index contributed by atoms with van der Waals surface area (Å²) in [7, 11) is 1.41. The number of benzene rings is 1. The summed E-state index contributed by atoms with van der Waals surface area (Å²) in [6.07, 6.45) is 1.29. The van der Waals surface area contributed by atoms with E-state index in [1.54, 1.807) is 0 Å². The first-order valence-electron chi connectivity index (χ1n) is 5.81. The average Bonchev–Trinajstić information content (AvgIpc) is 3.08. The molecule has 0 spiro atoms. The van der Waals surface area contributed by atoms with E-state index < -0.39 is 0 Å². The molecule has 16 heavy (non-hydrogen) atoms. The molecule has 1 aromatic carbocycles. The van der Waals surface area contributed by atoms with E-state index in [9.17, 15) is 4.79 Å². The quantitative estimate of drug-likeness (QED) is 0.728. The summed E-state index contributed by atoms with van der Waals surface area (Å²) in [5.74, 6) is 2.02. The molecule has 1 fully saturated rings. The number of esters is 1. The maximum absolute atomic E-state index is 11.3. The zero-order valence-electron chi connectivity index (χ0n) is 10.1. The fraction of sp³-hybridized carbons (Fsp3) is 0.500. The molecule has 2 rings (SSSR count). The number of rotatable bonds is 3. The molecule has 0 aliphatic heterocycles. The van der Waals surface area contributed by atoms with Crippen LogP contribution in [0.2, 0.25) is 0 Å². The maximum Gasteiger partial charge on any atom is 0.337 e. The molecule has 86 valence electrons. The van der Waals surface area contributed by atoms with Gasteiger partial charge in [0, 0.05) is 0 Å². The molecule has 0 heterocycles. The van der Waals surface area contributed by atoms with E-state index in [0.717, 1.165) is 11.8 Å². The highest BCUT2D eigenvalue weighted by Crippen LogP contribution is 2.51. The van der Waals surface area contributed by atoms with E-state index in [1.807, 2.05) is 12.1 Å². The lowest BCUT2D eigenvalue weighted by Gasteiger charge is -2.04. The van der Waals surface area contributed by atoms with Crippen molar-refractivity contribution < 1.29 is 9.53 Å². The van der Waals surface area contributed by atoms with E-state index in [-0.39, 0.29) is 5.97 Å². The normalized spacial score (nSPS) is 23.2. The average molecular weight is 218 g/mol. The lowest BCUT2D eigenvalue weighted by Crippen LogP contribution is -2.01. The molecule has 0 aromatic heterocycles. The van der Waals surface area contributed by atoms with Crippen molar-refractivity contribution in [2.24, 2.45) is 11.8 Å². The van der Waals surface area contributed by atoms with Crippen LogP contribution in [0.25, 0.3) is 0 Å². The summed E-state index contributed by atoms with van der Waals surface area (Å²) in [5, 5.41) is 0. The van der Waals surface area contributed by atoms with E-state index in [0.29, 0.717) is 11.5 Å². The molecule has 0 N–H and O–H groups in total. The Morgan fingerprint density at radius 2 is 1.94 bits per heavy atom. The van der Waals surface area contributed by atoms with Crippen molar-refractivity contribution in [3.05, 3.63) is 35.4 Å². The Kier molecular flexibility index (Phi) is 2.99. The number of hydrogen-bond acceptors (Lipinski definition) is 2. The van der Waals surface area contributed by atoms with Crippen LogP contribution in [0.5, 0.6) is 0 Å². The zero-order chi connectivity index (χ0) is 11.7. The third-order valence-corrected chi connectivity index (χ3v) is 3.46. The Balaban J connectivity index is 2.07. The van der Waals surface area contributed by atoms with Crippen LogP contribution in [-0.2, 0) is 4.74 Å². The first-order chi connectivity index (χ1) is 7.63. The van der Waals surface area contributed by atoms with Gasteiger partial charge in [0.25, 0.3) is 0 Å². The second-order valence-electron chi connectivity index (χ2n) is 4.86. The topological polar surface area (TPSA) is 26.3 Å². The summed E-state index contributed by atoms with van der Waals surface area (Å²) < 4.78 is 4.67. The van der Waals surface area contributed by atoms with Crippen LogP contribution in [0, 0.1) is 11.8 Å². The van der Waals surface area contributed by atoms with Gasteiger partial charge in [-0.3, -0.25) is 0 Å². The first kappa shape index (κ1) is 11.2. The van der Waals surface area contributed by atoms with Gasteiger partial charge < -0.3 is 4.74 Å². The van der Waals surface area contributed by atoms with E-state index in [2.05, 4.69) is 30.7 Å². The monoisotopic (exact) mass is 218 g/mol.